The van der Waals surface area contributed by atoms with Crippen LogP contribution in [0.5, 0.6) is 0 Å². The maximum atomic E-state index is 13.8. The summed E-state index contributed by atoms with van der Waals surface area (Å²) in [6.45, 7) is 1.45. The highest BCUT2D eigenvalue weighted by atomic mass is 32.1. The van der Waals surface area contributed by atoms with E-state index in [1.165, 1.54) is 25.0 Å². The first-order chi connectivity index (χ1) is 13.6. The van der Waals surface area contributed by atoms with Crippen LogP contribution in [-0.2, 0) is 10.2 Å². The molecule has 3 fully saturated rings. The summed E-state index contributed by atoms with van der Waals surface area (Å²) in [5.74, 6) is 1.30. The van der Waals surface area contributed by atoms with E-state index in [4.69, 9.17) is 12.2 Å². The van der Waals surface area contributed by atoms with Crippen molar-refractivity contribution in [3.05, 3.63) is 46.2 Å². The topological polar surface area (TPSA) is 53.9 Å². The number of likely N-dealkylation sites (tertiary alicyclic amines) is 1. The molecule has 1 aliphatic heterocycles. The van der Waals surface area contributed by atoms with E-state index < -0.39 is 5.41 Å². The number of rotatable bonds is 4. The average molecular weight is 401 g/mol. The van der Waals surface area contributed by atoms with E-state index in [1.54, 1.807) is 6.07 Å². The van der Waals surface area contributed by atoms with Crippen molar-refractivity contribution in [3.8, 4) is 0 Å². The van der Waals surface area contributed by atoms with E-state index in [0.717, 1.165) is 61.4 Å². The van der Waals surface area contributed by atoms with Gasteiger partial charge in [0, 0.05) is 25.0 Å². The fraction of sp³-hybridized carbons (Fsp3) is 0.571. The van der Waals surface area contributed by atoms with E-state index in [1.807, 2.05) is 11.0 Å². The average Bonchev–Trinajstić information content (AvgIpc) is 3.42. The molecular formula is C21H25FN4OS. The van der Waals surface area contributed by atoms with Crippen molar-refractivity contribution in [1.82, 2.24) is 19.7 Å². The molecule has 2 heterocycles. The Labute approximate surface area is 168 Å². The van der Waals surface area contributed by atoms with Gasteiger partial charge in [-0.1, -0.05) is 18.6 Å². The molecule has 1 N–H and O–H groups in total. The van der Waals surface area contributed by atoms with Crippen molar-refractivity contribution in [2.45, 2.75) is 62.3 Å². The Morgan fingerprint density at radius 1 is 1.21 bits per heavy atom. The monoisotopic (exact) mass is 400 g/mol. The van der Waals surface area contributed by atoms with Crippen molar-refractivity contribution in [3.63, 3.8) is 0 Å². The molecule has 2 aliphatic carbocycles. The number of aromatic nitrogens is 3. The maximum absolute atomic E-state index is 13.8. The predicted molar refractivity (Wildman–Crippen MR) is 106 cm³/mol. The number of hydrogen-bond acceptors (Lipinski definition) is 3. The van der Waals surface area contributed by atoms with Gasteiger partial charge in [0.2, 0.25) is 5.91 Å². The molecule has 5 nitrogen and oxygen atoms in total. The second-order valence-electron chi connectivity index (χ2n) is 8.50. The zero-order valence-electron chi connectivity index (χ0n) is 15.9. The van der Waals surface area contributed by atoms with Crippen LogP contribution in [0.4, 0.5) is 4.39 Å². The molecule has 7 heteroatoms. The molecule has 1 saturated heterocycles. The standard InChI is InChI=1S/C21H25FN4OS/c22-16-4-1-3-15(13-16)21(9-2-10-21)19(27)25-11-7-14(8-12-25)18-23-24-20(28)26(18)17-5-6-17/h1,3-4,13-14,17H,2,5-12H2,(H,24,28). The smallest absolute Gasteiger partial charge is 0.233 e. The van der Waals surface area contributed by atoms with Crippen LogP contribution in [0, 0.1) is 10.6 Å². The number of nitrogens with one attached hydrogen (secondary N) is 1. The summed E-state index contributed by atoms with van der Waals surface area (Å²) < 4.78 is 16.7. The van der Waals surface area contributed by atoms with E-state index in [9.17, 15) is 9.18 Å². The minimum absolute atomic E-state index is 0.170. The van der Waals surface area contributed by atoms with Gasteiger partial charge in [-0.25, -0.2) is 4.39 Å². The van der Waals surface area contributed by atoms with E-state index >= 15 is 0 Å². The maximum Gasteiger partial charge on any atom is 0.233 e. The highest BCUT2D eigenvalue weighted by molar-refractivity contribution is 7.71. The summed E-state index contributed by atoms with van der Waals surface area (Å²) in [4.78, 5) is 15.4. The summed E-state index contributed by atoms with van der Waals surface area (Å²) in [6, 6.07) is 7.10. The van der Waals surface area contributed by atoms with E-state index in [0.29, 0.717) is 12.0 Å². The van der Waals surface area contributed by atoms with Gasteiger partial charge in [-0.3, -0.25) is 9.89 Å². The van der Waals surface area contributed by atoms with Crippen LogP contribution in [-0.4, -0.2) is 38.7 Å². The molecule has 2 aromatic rings. The van der Waals surface area contributed by atoms with Crippen molar-refractivity contribution in [2.75, 3.05) is 13.1 Å². The summed E-state index contributed by atoms with van der Waals surface area (Å²) >= 11 is 5.41. The Bertz CT molecular complexity index is 951. The molecule has 2 saturated carbocycles. The van der Waals surface area contributed by atoms with Crippen LogP contribution >= 0.6 is 12.2 Å². The number of carbonyl (C=O) groups excluding carboxylic acids is 1. The molecule has 1 amide bonds. The van der Waals surface area contributed by atoms with Crippen LogP contribution in [0.3, 0.4) is 0 Å². The molecule has 0 bridgehead atoms. The van der Waals surface area contributed by atoms with Crippen LogP contribution in [0.25, 0.3) is 0 Å². The van der Waals surface area contributed by atoms with Crippen molar-refractivity contribution < 1.29 is 9.18 Å². The SMILES string of the molecule is O=C(N1CCC(c2n[nH]c(=S)n2C2CC2)CC1)C1(c2cccc(F)c2)CCC1. The van der Waals surface area contributed by atoms with Crippen LogP contribution in [0.2, 0.25) is 0 Å². The zero-order chi connectivity index (χ0) is 19.3. The van der Waals surface area contributed by atoms with Crippen molar-refractivity contribution >= 4 is 18.1 Å². The summed E-state index contributed by atoms with van der Waals surface area (Å²) in [6.07, 6.45) is 6.80. The summed E-state index contributed by atoms with van der Waals surface area (Å²) in [5.41, 5.74) is 0.309. The van der Waals surface area contributed by atoms with Crippen molar-refractivity contribution in [1.29, 1.82) is 0 Å². The minimum Gasteiger partial charge on any atom is -0.342 e. The van der Waals surface area contributed by atoms with Gasteiger partial charge in [-0.05, 0) is 68.4 Å². The lowest BCUT2D eigenvalue weighted by molar-refractivity contribution is -0.142. The highest BCUT2D eigenvalue weighted by Gasteiger charge is 2.48. The number of carbonyl (C=O) groups is 1. The fourth-order valence-electron chi connectivity index (χ4n) is 4.88. The van der Waals surface area contributed by atoms with Gasteiger partial charge in [0.15, 0.2) is 4.77 Å². The second kappa shape index (κ2) is 6.79. The Balaban J connectivity index is 1.31. The normalized spacial score (nSPS) is 22.1. The summed E-state index contributed by atoms with van der Waals surface area (Å²) in [5, 5.41) is 7.46. The molecule has 1 aromatic heterocycles. The second-order valence-corrected chi connectivity index (χ2v) is 8.89. The first-order valence-electron chi connectivity index (χ1n) is 10.3. The Morgan fingerprint density at radius 3 is 2.57 bits per heavy atom. The van der Waals surface area contributed by atoms with Gasteiger partial charge in [0.1, 0.15) is 11.6 Å². The first-order valence-corrected chi connectivity index (χ1v) is 10.7. The molecule has 5 rings (SSSR count). The molecule has 0 radical (unpaired) electrons. The van der Waals surface area contributed by atoms with Gasteiger partial charge in [0.25, 0.3) is 0 Å². The molecule has 0 unspecified atom stereocenters. The number of piperidine rings is 1. The molecule has 3 aliphatic rings. The molecule has 148 valence electrons. The van der Waals surface area contributed by atoms with Gasteiger partial charge >= 0.3 is 0 Å². The number of nitrogens with zero attached hydrogens (tertiary/aromatic N) is 3. The highest BCUT2D eigenvalue weighted by Crippen LogP contribution is 2.46. The third-order valence-electron chi connectivity index (χ3n) is 6.78. The first kappa shape index (κ1) is 18.0. The lowest BCUT2D eigenvalue weighted by atomic mass is 9.63. The van der Waals surface area contributed by atoms with Crippen molar-refractivity contribution in [2.24, 2.45) is 0 Å². The molecule has 1 aromatic carbocycles. The molecule has 0 spiro atoms. The number of amides is 1. The number of halogens is 1. The molecule has 0 atom stereocenters. The van der Waals surface area contributed by atoms with E-state index in [-0.39, 0.29) is 11.7 Å². The molecular weight excluding hydrogens is 375 g/mol. The number of aromatic amines is 1. The lowest BCUT2D eigenvalue weighted by Crippen LogP contribution is -2.53. The van der Waals surface area contributed by atoms with E-state index in [2.05, 4.69) is 14.8 Å². The van der Waals surface area contributed by atoms with Crippen LogP contribution in [0.1, 0.15) is 68.3 Å². The van der Waals surface area contributed by atoms with Gasteiger partial charge in [-0.2, -0.15) is 5.10 Å². The number of benzene rings is 1. The Hall–Kier alpha value is -2.02. The molecule has 28 heavy (non-hydrogen) atoms. The number of hydrogen-bond donors (Lipinski definition) is 1. The van der Waals surface area contributed by atoms with Gasteiger partial charge in [0.05, 0.1) is 5.41 Å². The summed E-state index contributed by atoms with van der Waals surface area (Å²) in [7, 11) is 0. The third kappa shape index (κ3) is 2.91. The number of H-pyrrole nitrogens is 1. The Morgan fingerprint density at radius 2 is 1.96 bits per heavy atom. The van der Waals surface area contributed by atoms with Gasteiger partial charge < -0.3 is 9.47 Å². The predicted octanol–water partition coefficient (Wildman–Crippen LogP) is 4.24. The fourth-order valence-corrected chi connectivity index (χ4v) is 5.16. The van der Waals surface area contributed by atoms with Gasteiger partial charge in [-0.15, -0.1) is 0 Å². The lowest BCUT2D eigenvalue weighted by Gasteiger charge is -2.45. The zero-order valence-corrected chi connectivity index (χ0v) is 16.7. The Kier molecular flexibility index (Phi) is 4.38. The van der Waals surface area contributed by atoms with Crippen LogP contribution < -0.4 is 0 Å². The minimum atomic E-state index is -0.525. The van der Waals surface area contributed by atoms with Crippen LogP contribution in [0.15, 0.2) is 24.3 Å². The third-order valence-corrected chi connectivity index (χ3v) is 7.07. The quantitative estimate of drug-likeness (QED) is 0.781. The largest absolute Gasteiger partial charge is 0.342 e.